The van der Waals surface area contributed by atoms with Gasteiger partial charge in [0, 0.05) is 30.6 Å². The average Bonchev–Trinajstić information content (AvgIpc) is 2.65. The lowest BCUT2D eigenvalue weighted by Gasteiger charge is -2.07. The van der Waals surface area contributed by atoms with E-state index in [4.69, 9.17) is 0 Å². The molecule has 0 saturated heterocycles. The highest BCUT2D eigenvalue weighted by Gasteiger charge is 2.09. The number of aromatic nitrogens is 1. The molecule has 1 aromatic carbocycles. The van der Waals surface area contributed by atoms with Crippen LogP contribution in [0.5, 0.6) is 5.75 Å². The minimum Gasteiger partial charge on any atom is -0.507 e. The van der Waals surface area contributed by atoms with Crippen LogP contribution in [0.4, 0.5) is 0 Å². The molecule has 2 N–H and O–H groups in total. The van der Waals surface area contributed by atoms with Gasteiger partial charge in [0.2, 0.25) is 0 Å². The quantitative estimate of drug-likeness (QED) is 0.825. The maximum atomic E-state index is 9.80. The Hall–Kier alpha value is -1.48. The summed E-state index contributed by atoms with van der Waals surface area (Å²) in [6.07, 6.45) is 0.985. The first kappa shape index (κ1) is 11.0. The van der Waals surface area contributed by atoms with Gasteiger partial charge >= 0.3 is 0 Å². The van der Waals surface area contributed by atoms with Gasteiger partial charge in [0.1, 0.15) is 5.75 Å². The second kappa shape index (κ2) is 4.58. The van der Waals surface area contributed by atoms with Crippen molar-refractivity contribution in [2.75, 3.05) is 13.6 Å². The Morgan fingerprint density at radius 2 is 2.19 bits per heavy atom. The number of phenolic OH excluding ortho intramolecular Hbond substituents is 1. The number of aromatic hydroxyl groups is 1. The first-order valence-electron chi connectivity index (χ1n) is 5.72. The van der Waals surface area contributed by atoms with Gasteiger partial charge in [-0.1, -0.05) is 6.07 Å². The molecule has 0 atom stereocenters. The first-order valence-corrected chi connectivity index (χ1v) is 5.72. The zero-order chi connectivity index (χ0) is 11.5. The van der Waals surface area contributed by atoms with Gasteiger partial charge < -0.3 is 15.0 Å². The van der Waals surface area contributed by atoms with Crippen LogP contribution in [-0.2, 0) is 13.0 Å². The molecule has 16 heavy (non-hydrogen) atoms. The van der Waals surface area contributed by atoms with Crippen molar-refractivity contribution in [1.82, 2.24) is 9.88 Å². The van der Waals surface area contributed by atoms with E-state index in [0.29, 0.717) is 5.75 Å². The lowest BCUT2D eigenvalue weighted by atomic mass is 10.2. The third-order valence-corrected chi connectivity index (χ3v) is 2.96. The van der Waals surface area contributed by atoms with Gasteiger partial charge in [-0.25, -0.2) is 0 Å². The predicted molar refractivity (Wildman–Crippen MR) is 66.9 cm³/mol. The van der Waals surface area contributed by atoms with E-state index < -0.39 is 0 Å². The van der Waals surface area contributed by atoms with Crippen LogP contribution < -0.4 is 5.32 Å². The van der Waals surface area contributed by atoms with Crippen molar-refractivity contribution in [1.29, 1.82) is 0 Å². The highest BCUT2D eigenvalue weighted by atomic mass is 16.3. The van der Waals surface area contributed by atoms with Gasteiger partial charge in [-0.05, 0) is 32.2 Å². The number of nitrogens with zero attached hydrogens (tertiary/aromatic N) is 1. The number of fused-ring (bicyclic) bond motifs is 1. The molecule has 1 heterocycles. The SMILES string of the molecule is CCn1c(CCNC)cc2c(O)cccc21. The summed E-state index contributed by atoms with van der Waals surface area (Å²) in [5, 5.41) is 13.9. The molecule has 3 nitrogen and oxygen atoms in total. The number of hydrogen-bond acceptors (Lipinski definition) is 2. The van der Waals surface area contributed by atoms with E-state index in [1.165, 1.54) is 5.69 Å². The Morgan fingerprint density at radius 1 is 1.38 bits per heavy atom. The van der Waals surface area contributed by atoms with Crippen molar-refractivity contribution < 1.29 is 5.11 Å². The molecule has 3 heteroatoms. The fourth-order valence-corrected chi connectivity index (χ4v) is 2.16. The molecule has 1 aromatic heterocycles. The molecule has 0 fully saturated rings. The topological polar surface area (TPSA) is 37.2 Å². The molecule has 0 aliphatic rings. The molecule has 0 unspecified atom stereocenters. The van der Waals surface area contributed by atoms with E-state index in [-0.39, 0.29) is 0 Å². The summed E-state index contributed by atoms with van der Waals surface area (Å²) in [6.45, 7) is 4.02. The minimum absolute atomic E-state index is 0.371. The predicted octanol–water partition coefficient (Wildman–Crippen LogP) is 2.13. The molecular formula is C13H18N2O. The van der Waals surface area contributed by atoms with Crippen molar-refractivity contribution in [3.8, 4) is 5.75 Å². The van der Waals surface area contributed by atoms with Gasteiger partial charge in [0.25, 0.3) is 0 Å². The van der Waals surface area contributed by atoms with Crippen LogP contribution in [-0.4, -0.2) is 23.3 Å². The Kier molecular flexibility index (Phi) is 3.15. The van der Waals surface area contributed by atoms with Crippen molar-refractivity contribution in [3.63, 3.8) is 0 Å². The van der Waals surface area contributed by atoms with Crippen LogP contribution in [0, 0.1) is 0 Å². The van der Waals surface area contributed by atoms with Crippen LogP contribution in [0.3, 0.4) is 0 Å². The average molecular weight is 218 g/mol. The standard InChI is InChI=1S/C13H18N2O/c1-3-15-10(7-8-14-2)9-11-12(15)5-4-6-13(11)16/h4-6,9,14,16H,3,7-8H2,1-2H3. The summed E-state index contributed by atoms with van der Waals surface area (Å²) in [7, 11) is 1.95. The van der Waals surface area contributed by atoms with E-state index in [0.717, 1.165) is 30.4 Å². The van der Waals surface area contributed by atoms with E-state index in [1.807, 2.05) is 13.1 Å². The highest BCUT2D eigenvalue weighted by Crippen LogP contribution is 2.27. The summed E-state index contributed by atoms with van der Waals surface area (Å²) in [4.78, 5) is 0. The number of phenols is 1. The largest absolute Gasteiger partial charge is 0.507 e. The molecule has 0 spiro atoms. The number of hydrogen-bond donors (Lipinski definition) is 2. The Balaban J connectivity index is 2.52. The number of likely N-dealkylation sites (N-methyl/N-ethyl adjacent to an activating group) is 1. The van der Waals surface area contributed by atoms with Crippen LogP contribution >= 0.6 is 0 Å². The number of benzene rings is 1. The molecule has 2 aromatic rings. The molecule has 0 saturated carbocycles. The second-order valence-electron chi connectivity index (χ2n) is 3.94. The summed E-state index contributed by atoms with van der Waals surface area (Å²) in [5.74, 6) is 0.371. The van der Waals surface area contributed by atoms with Crippen LogP contribution in [0.2, 0.25) is 0 Å². The fraction of sp³-hybridized carbons (Fsp3) is 0.385. The summed E-state index contributed by atoms with van der Waals surface area (Å²) in [5.41, 5.74) is 2.39. The summed E-state index contributed by atoms with van der Waals surface area (Å²) < 4.78 is 2.26. The van der Waals surface area contributed by atoms with Gasteiger partial charge in [-0.2, -0.15) is 0 Å². The molecule has 0 radical (unpaired) electrons. The van der Waals surface area contributed by atoms with Crippen LogP contribution in [0.15, 0.2) is 24.3 Å². The van der Waals surface area contributed by atoms with Gasteiger partial charge in [-0.3, -0.25) is 0 Å². The van der Waals surface area contributed by atoms with Gasteiger partial charge in [0.05, 0.1) is 5.52 Å². The molecule has 0 aliphatic heterocycles. The van der Waals surface area contributed by atoms with Gasteiger partial charge in [-0.15, -0.1) is 0 Å². The number of rotatable bonds is 4. The van der Waals surface area contributed by atoms with Gasteiger partial charge in [0.15, 0.2) is 0 Å². The zero-order valence-corrected chi connectivity index (χ0v) is 9.83. The molecule has 0 bridgehead atoms. The Morgan fingerprint density at radius 3 is 2.88 bits per heavy atom. The van der Waals surface area contributed by atoms with Crippen LogP contribution in [0.25, 0.3) is 10.9 Å². The Labute approximate surface area is 95.7 Å². The van der Waals surface area contributed by atoms with Crippen LogP contribution in [0.1, 0.15) is 12.6 Å². The Bertz CT molecular complexity index is 488. The fourth-order valence-electron chi connectivity index (χ4n) is 2.16. The van der Waals surface area contributed by atoms with Crippen molar-refractivity contribution >= 4 is 10.9 Å². The number of nitrogens with one attached hydrogen (secondary N) is 1. The van der Waals surface area contributed by atoms with E-state index in [2.05, 4.69) is 28.9 Å². The van der Waals surface area contributed by atoms with E-state index in [1.54, 1.807) is 6.07 Å². The van der Waals surface area contributed by atoms with Crippen molar-refractivity contribution in [2.24, 2.45) is 0 Å². The molecule has 2 rings (SSSR count). The van der Waals surface area contributed by atoms with E-state index >= 15 is 0 Å². The van der Waals surface area contributed by atoms with Crippen molar-refractivity contribution in [3.05, 3.63) is 30.0 Å². The van der Waals surface area contributed by atoms with Crippen molar-refractivity contribution in [2.45, 2.75) is 19.9 Å². The zero-order valence-electron chi connectivity index (χ0n) is 9.83. The lowest BCUT2D eigenvalue weighted by molar-refractivity contribution is 0.481. The summed E-state index contributed by atoms with van der Waals surface area (Å²) in [6, 6.07) is 7.78. The third-order valence-electron chi connectivity index (χ3n) is 2.96. The smallest absolute Gasteiger partial charge is 0.124 e. The number of aryl methyl sites for hydroxylation is 1. The van der Waals surface area contributed by atoms with E-state index in [9.17, 15) is 5.11 Å². The second-order valence-corrected chi connectivity index (χ2v) is 3.94. The third kappa shape index (κ3) is 1.78. The first-order chi connectivity index (χ1) is 7.77. The molecule has 0 amide bonds. The molecule has 86 valence electrons. The highest BCUT2D eigenvalue weighted by molar-refractivity contribution is 5.87. The normalized spacial score (nSPS) is 11.1. The minimum atomic E-state index is 0.371. The maximum absolute atomic E-state index is 9.80. The summed E-state index contributed by atoms with van der Waals surface area (Å²) >= 11 is 0. The molecular weight excluding hydrogens is 200 g/mol. The molecule has 0 aliphatic carbocycles. The lowest BCUT2D eigenvalue weighted by Crippen LogP contribution is -2.12. The maximum Gasteiger partial charge on any atom is 0.124 e. The monoisotopic (exact) mass is 218 g/mol.